The number of hydrogen-bond donors (Lipinski definition) is 1. The van der Waals surface area contributed by atoms with E-state index in [0.29, 0.717) is 11.6 Å². The second-order valence-corrected chi connectivity index (χ2v) is 5.87. The molecule has 0 radical (unpaired) electrons. The molecule has 2 fully saturated rings. The van der Waals surface area contributed by atoms with E-state index in [1.165, 1.54) is 64.6 Å². The van der Waals surface area contributed by atoms with E-state index in [9.17, 15) is 0 Å². The Bertz CT molecular complexity index is 209. The van der Waals surface area contributed by atoms with Crippen LogP contribution in [0.3, 0.4) is 0 Å². The van der Waals surface area contributed by atoms with Gasteiger partial charge in [0, 0.05) is 24.7 Å². The first-order valence-corrected chi connectivity index (χ1v) is 7.25. The molecule has 16 heavy (non-hydrogen) atoms. The van der Waals surface area contributed by atoms with E-state index in [1.807, 2.05) is 0 Å². The van der Waals surface area contributed by atoms with Crippen molar-refractivity contribution in [2.45, 2.75) is 70.4 Å². The molecule has 1 atom stereocenters. The molecule has 2 heteroatoms. The zero-order chi connectivity index (χ0) is 11.4. The van der Waals surface area contributed by atoms with Gasteiger partial charge in [0.05, 0.1) is 0 Å². The number of rotatable bonds is 3. The Labute approximate surface area is 101 Å². The van der Waals surface area contributed by atoms with Gasteiger partial charge in [-0.2, -0.15) is 0 Å². The quantitative estimate of drug-likeness (QED) is 0.793. The molecule has 94 valence electrons. The zero-order valence-corrected chi connectivity index (χ0v) is 11.1. The van der Waals surface area contributed by atoms with Gasteiger partial charge >= 0.3 is 0 Å². The Morgan fingerprint density at radius 3 is 2.69 bits per heavy atom. The fourth-order valence-electron chi connectivity index (χ4n) is 3.45. The highest BCUT2D eigenvalue weighted by atomic mass is 15.3. The summed E-state index contributed by atoms with van der Waals surface area (Å²) in [5.41, 5.74) is 0.528. The van der Waals surface area contributed by atoms with E-state index < -0.39 is 0 Å². The third kappa shape index (κ3) is 2.60. The lowest BCUT2D eigenvalue weighted by Gasteiger charge is -2.51. The Kier molecular flexibility index (Phi) is 4.26. The van der Waals surface area contributed by atoms with E-state index in [4.69, 9.17) is 0 Å². The van der Waals surface area contributed by atoms with Crippen molar-refractivity contribution in [1.82, 2.24) is 10.2 Å². The molecule has 1 unspecified atom stereocenters. The van der Waals surface area contributed by atoms with Crippen LogP contribution in [-0.2, 0) is 0 Å². The van der Waals surface area contributed by atoms with Crippen LogP contribution < -0.4 is 5.32 Å². The molecule has 1 aliphatic carbocycles. The van der Waals surface area contributed by atoms with Crippen LogP contribution in [0.15, 0.2) is 0 Å². The molecule has 1 heterocycles. The summed E-state index contributed by atoms with van der Waals surface area (Å²) in [7, 11) is 0. The van der Waals surface area contributed by atoms with Gasteiger partial charge in [-0.05, 0) is 32.7 Å². The van der Waals surface area contributed by atoms with Crippen LogP contribution in [0, 0.1) is 0 Å². The number of piperazine rings is 1. The van der Waals surface area contributed by atoms with E-state index in [0.717, 1.165) is 0 Å². The topological polar surface area (TPSA) is 15.3 Å². The van der Waals surface area contributed by atoms with E-state index in [-0.39, 0.29) is 0 Å². The Balaban J connectivity index is 2.00. The van der Waals surface area contributed by atoms with Gasteiger partial charge < -0.3 is 5.32 Å². The fraction of sp³-hybridized carbons (Fsp3) is 1.00. The van der Waals surface area contributed by atoms with Gasteiger partial charge in [0.25, 0.3) is 0 Å². The molecule has 1 spiro atoms. The molecule has 0 bridgehead atoms. The van der Waals surface area contributed by atoms with Crippen molar-refractivity contribution in [3.63, 3.8) is 0 Å². The second-order valence-electron chi connectivity index (χ2n) is 5.87. The molecule has 0 amide bonds. The van der Waals surface area contributed by atoms with Crippen molar-refractivity contribution in [2.75, 3.05) is 19.6 Å². The molecule has 2 aliphatic rings. The number of nitrogens with zero attached hydrogens (tertiary/aromatic N) is 1. The average molecular weight is 224 g/mol. The minimum Gasteiger partial charge on any atom is -0.311 e. The maximum atomic E-state index is 3.71. The average Bonchev–Trinajstić information content (AvgIpc) is 2.32. The summed E-state index contributed by atoms with van der Waals surface area (Å²) < 4.78 is 0. The maximum absolute atomic E-state index is 3.71. The van der Waals surface area contributed by atoms with Gasteiger partial charge in [0.15, 0.2) is 0 Å². The molecule has 0 aromatic heterocycles. The molecule has 1 saturated carbocycles. The van der Waals surface area contributed by atoms with E-state index in [2.05, 4.69) is 24.1 Å². The molecule has 0 aromatic carbocycles. The van der Waals surface area contributed by atoms with Gasteiger partial charge in [0.1, 0.15) is 0 Å². The highest BCUT2D eigenvalue weighted by Crippen LogP contribution is 2.35. The largest absolute Gasteiger partial charge is 0.311 e. The van der Waals surface area contributed by atoms with Crippen LogP contribution in [0.25, 0.3) is 0 Å². The maximum Gasteiger partial charge on any atom is 0.0334 e. The summed E-state index contributed by atoms with van der Waals surface area (Å²) in [5.74, 6) is 0. The highest BCUT2D eigenvalue weighted by molar-refractivity contribution is 4.99. The molecule has 1 saturated heterocycles. The van der Waals surface area contributed by atoms with Crippen molar-refractivity contribution in [1.29, 1.82) is 0 Å². The summed E-state index contributed by atoms with van der Waals surface area (Å²) in [5, 5.41) is 3.71. The lowest BCUT2D eigenvalue weighted by molar-refractivity contribution is 0.0119. The number of unbranched alkanes of at least 4 members (excludes halogenated alkanes) is 1. The standard InChI is InChI=1S/C14H28N2/c1-3-4-10-16-11-13(2)15-12-14(16)8-6-5-7-9-14/h13,15H,3-12H2,1-2H3. The summed E-state index contributed by atoms with van der Waals surface area (Å²) in [6.45, 7) is 8.45. The molecule has 1 N–H and O–H groups in total. The predicted molar refractivity (Wildman–Crippen MR) is 69.8 cm³/mol. The minimum absolute atomic E-state index is 0.528. The number of hydrogen-bond acceptors (Lipinski definition) is 2. The Morgan fingerprint density at radius 1 is 1.25 bits per heavy atom. The summed E-state index contributed by atoms with van der Waals surface area (Å²) in [6, 6.07) is 0.685. The minimum atomic E-state index is 0.528. The van der Waals surface area contributed by atoms with Crippen LogP contribution >= 0.6 is 0 Å². The number of nitrogens with one attached hydrogen (secondary N) is 1. The predicted octanol–water partition coefficient (Wildman–Crippen LogP) is 2.78. The van der Waals surface area contributed by atoms with E-state index in [1.54, 1.807) is 0 Å². The second kappa shape index (κ2) is 5.50. The van der Waals surface area contributed by atoms with Crippen molar-refractivity contribution in [3.8, 4) is 0 Å². The van der Waals surface area contributed by atoms with Gasteiger partial charge in [0.2, 0.25) is 0 Å². The van der Waals surface area contributed by atoms with Crippen LogP contribution in [0.5, 0.6) is 0 Å². The molecular formula is C14H28N2. The fourth-order valence-corrected chi connectivity index (χ4v) is 3.45. The third-order valence-corrected chi connectivity index (χ3v) is 4.51. The summed E-state index contributed by atoms with van der Waals surface area (Å²) >= 11 is 0. The van der Waals surface area contributed by atoms with Crippen molar-refractivity contribution >= 4 is 0 Å². The first-order chi connectivity index (χ1) is 7.77. The smallest absolute Gasteiger partial charge is 0.0334 e. The third-order valence-electron chi connectivity index (χ3n) is 4.51. The Hall–Kier alpha value is -0.0800. The summed E-state index contributed by atoms with van der Waals surface area (Å²) in [6.07, 6.45) is 9.89. The molecule has 0 aromatic rings. The first kappa shape index (κ1) is 12.4. The van der Waals surface area contributed by atoms with Crippen molar-refractivity contribution in [2.24, 2.45) is 0 Å². The highest BCUT2D eigenvalue weighted by Gasteiger charge is 2.40. The van der Waals surface area contributed by atoms with Gasteiger partial charge in [-0.25, -0.2) is 0 Å². The zero-order valence-electron chi connectivity index (χ0n) is 11.1. The lowest BCUT2D eigenvalue weighted by atomic mass is 9.78. The van der Waals surface area contributed by atoms with Gasteiger partial charge in [-0.3, -0.25) is 4.90 Å². The van der Waals surface area contributed by atoms with Gasteiger partial charge in [-0.1, -0.05) is 32.6 Å². The van der Waals surface area contributed by atoms with Crippen molar-refractivity contribution < 1.29 is 0 Å². The van der Waals surface area contributed by atoms with Crippen molar-refractivity contribution in [3.05, 3.63) is 0 Å². The van der Waals surface area contributed by atoms with Crippen LogP contribution in [0.4, 0.5) is 0 Å². The first-order valence-electron chi connectivity index (χ1n) is 7.25. The van der Waals surface area contributed by atoms with E-state index >= 15 is 0 Å². The molecule has 2 nitrogen and oxygen atoms in total. The van der Waals surface area contributed by atoms with Crippen LogP contribution in [-0.4, -0.2) is 36.1 Å². The normalized spacial score (nSPS) is 30.8. The molecular weight excluding hydrogens is 196 g/mol. The SMILES string of the molecule is CCCCN1CC(C)NCC12CCCCC2. The summed E-state index contributed by atoms with van der Waals surface area (Å²) in [4.78, 5) is 2.82. The lowest BCUT2D eigenvalue weighted by Crippen LogP contribution is -2.64. The molecule has 2 rings (SSSR count). The monoisotopic (exact) mass is 224 g/mol. The van der Waals surface area contributed by atoms with Gasteiger partial charge in [-0.15, -0.1) is 0 Å². The van der Waals surface area contributed by atoms with Crippen LogP contribution in [0.1, 0.15) is 58.8 Å². The Morgan fingerprint density at radius 2 is 2.00 bits per heavy atom. The van der Waals surface area contributed by atoms with Crippen LogP contribution in [0.2, 0.25) is 0 Å². The molecule has 1 aliphatic heterocycles.